The third kappa shape index (κ3) is 5.58. The van der Waals surface area contributed by atoms with Gasteiger partial charge >= 0.3 is 6.03 Å². The molecule has 1 heterocycles. The van der Waals surface area contributed by atoms with Crippen LogP contribution >= 0.6 is 0 Å². The van der Waals surface area contributed by atoms with Crippen molar-refractivity contribution in [1.82, 2.24) is 10.2 Å². The summed E-state index contributed by atoms with van der Waals surface area (Å²) in [5.74, 6) is 0. The second kappa shape index (κ2) is 9.36. The summed E-state index contributed by atoms with van der Waals surface area (Å²) in [5, 5.41) is 5.74. The SMILES string of the molecule is COCc1ccc(NC(=O)NCc2ccc(CN3CCCC3)cc2)cc1. The van der Waals surface area contributed by atoms with Crippen molar-refractivity contribution in [2.24, 2.45) is 0 Å². The van der Waals surface area contributed by atoms with Crippen molar-refractivity contribution in [3.63, 3.8) is 0 Å². The van der Waals surface area contributed by atoms with Gasteiger partial charge in [-0.25, -0.2) is 4.79 Å². The van der Waals surface area contributed by atoms with Gasteiger partial charge in [0.2, 0.25) is 0 Å². The van der Waals surface area contributed by atoms with Crippen molar-refractivity contribution in [2.75, 3.05) is 25.5 Å². The fourth-order valence-corrected chi connectivity index (χ4v) is 3.17. The number of nitrogens with zero attached hydrogens (tertiary/aromatic N) is 1. The Labute approximate surface area is 155 Å². The fraction of sp³-hybridized carbons (Fsp3) is 0.381. The minimum absolute atomic E-state index is 0.203. The molecule has 2 amide bonds. The van der Waals surface area contributed by atoms with Gasteiger partial charge in [0.1, 0.15) is 0 Å². The second-order valence-electron chi connectivity index (χ2n) is 6.74. The number of anilines is 1. The molecule has 2 aromatic rings. The summed E-state index contributed by atoms with van der Waals surface area (Å²) in [6.45, 7) is 4.51. The zero-order chi connectivity index (χ0) is 18.2. The van der Waals surface area contributed by atoms with E-state index in [1.807, 2.05) is 24.3 Å². The van der Waals surface area contributed by atoms with E-state index in [0.717, 1.165) is 23.4 Å². The van der Waals surface area contributed by atoms with E-state index in [9.17, 15) is 4.79 Å². The molecule has 1 aliphatic heterocycles. The Kier molecular flexibility index (Phi) is 6.63. The van der Waals surface area contributed by atoms with Gasteiger partial charge in [0, 0.05) is 25.9 Å². The lowest BCUT2D eigenvalue weighted by molar-refractivity contribution is 0.185. The van der Waals surface area contributed by atoms with E-state index in [0.29, 0.717) is 13.2 Å². The topological polar surface area (TPSA) is 53.6 Å². The van der Waals surface area contributed by atoms with Crippen molar-refractivity contribution >= 4 is 11.7 Å². The zero-order valence-corrected chi connectivity index (χ0v) is 15.3. The predicted octanol–water partition coefficient (Wildman–Crippen LogP) is 3.75. The highest BCUT2D eigenvalue weighted by molar-refractivity contribution is 5.89. The van der Waals surface area contributed by atoms with E-state index in [1.54, 1.807) is 7.11 Å². The lowest BCUT2D eigenvalue weighted by Crippen LogP contribution is -2.28. The molecule has 0 spiro atoms. The van der Waals surface area contributed by atoms with Gasteiger partial charge in [-0.15, -0.1) is 0 Å². The molecular formula is C21H27N3O2. The van der Waals surface area contributed by atoms with Gasteiger partial charge in [0.05, 0.1) is 6.61 Å². The van der Waals surface area contributed by atoms with Crippen LogP contribution in [0.5, 0.6) is 0 Å². The smallest absolute Gasteiger partial charge is 0.319 e. The van der Waals surface area contributed by atoms with E-state index in [2.05, 4.69) is 39.8 Å². The minimum Gasteiger partial charge on any atom is -0.380 e. The van der Waals surface area contributed by atoms with Crippen LogP contribution in [0.2, 0.25) is 0 Å². The molecule has 1 saturated heterocycles. The number of ether oxygens (including phenoxy) is 1. The minimum atomic E-state index is -0.203. The molecule has 2 N–H and O–H groups in total. The highest BCUT2D eigenvalue weighted by atomic mass is 16.5. The van der Waals surface area contributed by atoms with Crippen molar-refractivity contribution in [2.45, 2.75) is 32.5 Å². The number of nitrogens with one attached hydrogen (secondary N) is 2. The van der Waals surface area contributed by atoms with Crippen molar-refractivity contribution < 1.29 is 9.53 Å². The standard InChI is InChI=1S/C21H27N3O2/c1-26-16-19-8-10-20(11-9-19)23-21(25)22-14-17-4-6-18(7-5-17)15-24-12-2-3-13-24/h4-11H,2-3,12-16H2,1H3,(H2,22,23,25). The monoisotopic (exact) mass is 353 g/mol. The largest absolute Gasteiger partial charge is 0.380 e. The van der Waals surface area contributed by atoms with Gasteiger partial charge in [0.25, 0.3) is 0 Å². The first-order valence-electron chi connectivity index (χ1n) is 9.16. The van der Waals surface area contributed by atoms with Gasteiger partial charge in [-0.1, -0.05) is 36.4 Å². The van der Waals surface area contributed by atoms with Crippen LogP contribution in [-0.2, 0) is 24.4 Å². The molecular weight excluding hydrogens is 326 g/mol. The number of carbonyl (C=O) groups excluding carboxylic acids is 1. The number of likely N-dealkylation sites (tertiary alicyclic amines) is 1. The lowest BCUT2D eigenvalue weighted by atomic mass is 10.1. The van der Waals surface area contributed by atoms with Crippen LogP contribution in [0.4, 0.5) is 10.5 Å². The van der Waals surface area contributed by atoms with Crippen LogP contribution in [0.25, 0.3) is 0 Å². The van der Waals surface area contributed by atoms with Crippen LogP contribution < -0.4 is 10.6 Å². The van der Waals surface area contributed by atoms with Gasteiger partial charge in [-0.3, -0.25) is 4.90 Å². The molecule has 1 fully saturated rings. The molecule has 5 heteroatoms. The van der Waals surface area contributed by atoms with Crippen molar-refractivity contribution in [1.29, 1.82) is 0 Å². The van der Waals surface area contributed by atoms with Gasteiger partial charge in [-0.2, -0.15) is 0 Å². The van der Waals surface area contributed by atoms with Crippen LogP contribution in [0.15, 0.2) is 48.5 Å². The Morgan fingerprint density at radius 3 is 2.23 bits per heavy atom. The molecule has 3 rings (SSSR count). The van der Waals surface area contributed by atoms with E-state index in [-0.39, 0.29) is 6.03 Å². The van der Waals surface area contributed by atoms with E-state index >= 15 is 0 Å². The Balaban J connectivity index is 1.43. The van der Waals surface area contributed by atoms with Crippen LogP contribution in [0.1, 0.15) is 29.5 Å². The number of hydrogen-bond donors (Lipinski definition) is 2. The van der Waals surface area contributed by atoms with E-state index in [4.69, 9.17) is 4.74 Å². The predicted molar refractivity (Wildman–Crippen MR) is 104 cm³/mol. The van der Waals surface area contributed by atoms with Crippen LogP contribution in [0, 0.1) is 0 Å². The molecule has 0 aromatic heterocycles. The first-order valence-corrected chi connectivity index (χ1v) is 9.16. The summed E-state index contributed by atoms with van der Waals surface area (Å²) >= 11 is 0. The van der Waals surface area contributed by atoms with E-state index in [1.165, 1.54) is 31.5 Å². The van der Waals surface area contributed by atoms with Crippen LogP contribution in [0.3, 0.4) is 0 Å². The summed E-state index contributed by atoms with van der Waals surface area (Å²) in [4.78, 5) is 14.5. The lowest BCUT2D eigenvalue weighted by Gasteiger charge is -2.14. The maximum atomic E-state index is 12.0. The summed E-state index contributed by atoms with van der Waals surface area (Å²) < 4.78 is 5.08. The molecule has 2 aromatic carbocycles. The Morgan fingerprint density at radius 2 is 1.58 bits per heavy atom. The maximum Gasteiger partial charge on any atom is 0.319 e. The van der Waals surface area contributed by atoms with Crippen molar-refractivity contribution in [3.8, 4) is 0 Å². The third-order valence-corrected chi connectivity index (χ3v) is 4.60. The fourth-order valence-electron chi connectivity index (χ4n) is 3.17. The van der Waals surface area contributed by atoms with Crippen molar-refractivity contribution in [3.05, 3.63) is 65.2 Å². The summed E-state index contributed by atoms with van der Waals surface area (Å²) in [6, 6.07) is 15.9. The van der Waals surface area contributed by atoms with E-state index < -0.39 is 0 Å². The zero-order valence-electron chi connectivity index (χ0n) is 15.3. The molecule has 0 radical (unpaired) electrons. The first-order chi connectivity index (χ1) is 12.7. The summed E-state index contributed by atoms with van der Waals surface area (Å²) in [5.41, 5.74) is 4.27. The number of methoxy groups -OCH3 is 1. The third-order valence-electron chi connectivity index (χ3n) is 4.60. The number of amides is 2. The highest BCUT2D eigenvalue weighted by Gasteiger charge is 2.11. The molecule has 0 aliphatic carbocycles. The Hall–Kier alpha value is -2.37. The maximum absolute atomic E-state index is 12.0. The molecule has 0 unspecified atom stereocenters. The number of rotatable bonds is 7. The van der Waals surface area contributed by atoms with Gasteiger partial charge in [0.15, 0.2) is 0 Å². The average Bonchev–Trinajstić information content (AvgIpc) is 3.16. The molecule has 0 bridgehead atoms. The quantitative estimate of drug-likeness (QED) is 0.797. The van der Waals surface area contributed by atoms with Gasteiger partial charge in [-0.05, 0) is 54.8 Å². The molecule has 0 atom stereocenters. The Bertz CT molecular complexity index is 692. The first kappa shape index (κ1) is 18.4. The summed E-state index contributed by atoms with van der Waals surface area (Å²) in [7, 11) is 1.67. The van der Waals surface area contributed by atoms with Crippen LogP contribution in [-0.4, -0.2) is 31.1 Å². The molecule has 138 valence electrons. The average molecular weight is 353 g/mol. The summed E-state index contributed by atoms with van der Waals surface area (Å²) in [6.07, 6.45) is 2.62. The molecule has 5 nitrogen and oxygen atoms in total. The number of urea groups is 1. The highest BCUT2D eigenvalue weighted by Crippen LogP contribution is 2.13. The number of benzene rings is 2. The number of carbonyl (C=O) groups is 1. The van der Waals surface area contributed by atoms with Gasteiger partial charge < -0.3 is 15.4 Å². The molecule has 0 saturated carbocycles. The number of hydrogen-bond acceptors (Lipinski definition) is 3. The molecule has 1 aliphatic rings. The Morgan fingerprint density at radius 1 is 0.962 bits per heavy atom. The normalized spacial score (nSPS) is 14.3. The molecule has 26 heavy (non-hydrogen) atoms. The second-order valence-corrected chi connectivity index (χ2v) is 6.74.